The molecular formula is C37H43N3O5. The largest absolute Gasteiger partial charge is 0.508 e. The number of carbonyl (C=O) groups is 3. The number of rotatable bonds is 9. The molecule has 3 amide bonds. The number of benzene rings is 4. The third-order valence-electron chi connectivity index (χ3n) is 7.57. The number of ether oxygens (including phenoxy) is 1. The lowest BCUT2D eigenvalue weighted by Crippen LogP contribution is -2.55. The third kappa shape index (κ3) is 8.62. The van der Waals surface area contributed by atoms with Crippen LogP contribution < -0.4 is 10.6 Å². The lowest BCUT2D eigenvalue weighted by Gasteiger charge is -2.37. The van der Waals surface area contributed by atoms with Crippen molar-refractivity contribution in [3.05, 3.63) is 107 Å². The monoisotopic (exact) mass is 609 g/mol. The standard InChI is InChI=1S/C37H43N3O5/c1-23(2)40(35(43)32(39-36(44)45-37(5,6)7)21-26-13-18-31(41)19-14-26)33(29-15-12-24(3)25(4)20-29)34(42)38-30-17-16-27-10-8-9-11-28(27)22-30/h8-20,22-23,32-33,41H,21H2,1-7H3,(H,38,42)(H,39,44). The first kappa shape index (κ1) is 33.1. The molecule has 0 heterocycles. The molecule has 0 aliphatic carbocycles. The molecule has 0 aromatic heterocycles. The molecule has 0 bridgehead atoms. The van der Waals surface area contributed by atoms with Crippen molar-refractivity contribution < 1.29 is 24.2 Å². The first-order valence-electron chi connectivity index (χ1n) is 15.2. The summed E-state index contributed by atoms with van der Waals surface area (Å²) in [6.45, 7) is 12.9. The van der Waals surface area contributed by atoms with Crippen molar-refractivity contribution in [1.82, 2.24) is 10.2 Å². The van der Waals surface area contributed by atoms with Gasteiger partial charge in [-0.2, -0.15) is 0 Å². The van der Waals surface area contributed by atoms with Crippen molar-refractivity contribution >= 4 is 34.4 Å². The molecule has 0 saturated carbocycles. The quantitative estimate of drug-likeness (QED) is 0.186. The predicted octanol–water partition coefficient (Wildman–Crippen LogP) is 7.22. The Morgan fingerprint density at radius 1 is 0.844 bits per heavy atom. The Bertz CT molecular complexity index is 1670. The van der Waals surface area contributed by atoms with E-state index >= 15 is 0 Å². The topological polar surface area (TPSA) is 108 Å². The van der Waals surface area contributed by atoms with Gasteiger partial charge in [-0.1, -0.05) is 60.7 Å². The van der Waals surface area contributed by atoms with Gasteiger partial charge in [0.1, 0.15) is 23.4 Å². The van der Waals surface area contributed by atoms with Crippen molar-refractivity contribution in [2.75, 3.05) is 5.32 Å². The maximum atomic E-state index is 14.6. The molecule has 45 heavy (non-hydrogen) atoms. The molecule has 2 atom stereocenters. The van der Waals surface area contributed by atoms with Crippen molar-refractivity contribution in [2.45, 2.75) is 78.6 Å². The number of hydrogen-bond donors (Lipinski definition) is 3. The van der Waals surface area contributed by atoms with Gasteiger partial charge in [0.25, 0.3) is 5.91 Å². The number of alkyl carbamates (subject to hydrolysis) is 1. The van der Waals surface area contributed by atoms with Crippen LogP contribution in [0.2, 0.25) is 0 Å². The fourth-order valence-corrected chi connectivity index (χ4v) is 5.23. The Morgan fingerprint density at radius 3 is 2.13 bits per heavy atom. The Labute approximate surface area is 265 Å². The number of phenolic OH excluding ortho intramolecular Hbond substituents is 1. The molecule has 8 nitrogen and oxygen atoms in total. The van der Waals surface area contributed by atoms with Crippen LogP contribution in [0.25, 0.3) is 10.8 Å². The van der Waals surface area contributed by atoms with Gasteiger partial charge in [0, 0.05) is 18.2 Å². The van der Waals surface area contributed by atoms with E-state index in [1.165, 1.54) is 17.0 Å². The molecule has 236 valence electrons. The van der Waals surface area contributed by atoms with E-state index < -0.39 is 35.7 Å². The van der Waals surface area contributed by atoms with Crippen LogP contribution in [0.15, 0.2) is 84.9 Å². The SMILES string of the molecule is Cc1ccc(C(C(=O)Nc2ccc3ccccc3c2)N(C(=O)C(Cc2ccc(O)cc2)NC(=O)OC(C)(C)C)C(C)C)cc1C. The first-order chi connectivity index (χ1) is 21.2. The molecule has 0 radical (unpaired) electrons. The minimum absolute atomic E-state index is 0.0886. The lowest BCUT2D eigenvalue weighted by atomic mass is 9.96. The van der Waals surface area contributed by atoms with Gasteiger partial charge in [0.05, 0.1) is 0 Å². The maximum Gasteiger partial charge on any atom is 0.408 e. The summed E-state index contributed by atoms with van der Waals surface area (Å²) in [5, 5.41) is 17.6. The molecule has 0 saturated heterocycles. The Hall–Kier alpha value is -4.85. The van der Waals surface area contributed by atoms with Gasteiger partial charge in [0.2, 0.25) is 5.91 Å². The summed E-state index contributed by atoms with van der Waals surface area (Å²) >= 11 is 0. The van der Waals surface area contributed by atoms with Crippen LogP contribution in [-0.2, 0) is 20.7 Å². The summed E-state index contributed by atoms with van der Waals surface area (Å²) in [6, 6.07) is 23.3. The molecule has 0 fully saturated rings. The van der Waals surface area contributed by atoms with E-state index in [1.54, 1.807) is 32.9 Å². The van der Waals surface area contributed by atoms with Gasteiger partial charge >= 0.3 is 6.09 Å². The number of phenols is 1. The summed E-state index contributed by atoms with van der Waals surface area (Å²) in [7, 11) is 0. The van der Waals surface area contributed by atoms with Crippen molar-refractivity contribution in [1.29, 1.82) is 0 Å². The van der Waals surface area contributed by atoms with Crippen LogP contribution in [0.4, 0.5) is 10.5 Å². The fraction of sp³-hybridized carbons (Fsp3) is 0.324. The third-order valence-corrected chi connectivity index (χ3v) is 7.57. The van der Waals surface area contributed by atoms with Crippen LogP contribution in [-0.4, -0.2) is 45.6 Å². The zero-order valence-corrected chi connectivity index (χ0v) is 27.0. The summed E-state index contributed by atoms with van der Waals surface area (Å²) in [6.07, 6.45) is -0.625. The zero-order chi connectivity index (χ0) is 32.9. The van der Waals surface area contributed by atoms with E-state index in [0.717, 1.165) is 21.9 Å². The number of aryl methyl sites for hydroxylation is 2. The molecule has 4 aromatic rings. The molecule has 4 rings (SSSR count). The number of nitrogens with zero attached hydrogens (tertiary/aromatic N) is 1. The lowest BCUT2D eigenvalue weighted by molar-refractivity contribution is -0.142. The minimum Gasteiger partial charge on any atom is -0.508 e. The first-order valence-corrected chi connectivity index (χ1v) is 15.2. The average molecular weight is 610 g/mol. The highest BCUT2D eigenvalue weighted by molar-refractivity contribution is 6.00. The molecule has 0 aliphatic rings. The van der Waals surface area contributed by atoms with Crippen molar-refractivity contribution in [3.8, 4) is 5.75 Å². The van der Waals surface area contributed by atoms with Crippen LogP contribution in [0.5, 0.6) is 5.75 Å². The molecular weight excluding hydrogens is 566 g/mol. The number of hydrogen-bond acceptors (Lipinski definition) is 5. The van der Waals surface area contributed by atoms with Gasteiger partial charge in [-0.05, 0) is 106 Å². The van der Waals surface area contributed by atoms with E-state index in [4.69, 9.17) is 4.74 Å². The molecule has 0 spiro atoms. The number of amides is 3. The van der Waals surface area contributed by atoms with E-state index in [1.807, 2.05) is 88.4 Å². The molecule has 4 aromatic carbocycles. The number of carbonyl (C=O) groups excluding carboxylic acids is 3. The van der Waals surface area contributed by atoms with Crippen LogP contribution in [0.3, 0.4) is 0 Å². The smallest absolute Gasteiger partial charge is 0.408 e. The number of fused-ring (bicyclic) bond motifs is 1. The molecule has 8 heteroatoms. The molecule has 3 N–H and O–H groups in total. The molecule has 2 unspecified atom stereocenters. The van der Waals surface area contributed by atoms with E-state index in [-0.39, 0.29) is 18.1 Å². The second kappa shape index (κ2) is 13.8. The van der Waals surface area contributed by atoms with E-state index in [2.05, 4.69) is 10.6 Å². The Kier molecular flexibility index (Phi) is 10.2. The van der Waals surface area contributed by atoms with Crippen LogP contribution >= 0.6 is 0 Å². The summed E-state index contributed by atoms with van der Waals surface area (Å²) < 4.78 is 5.51. The second-order valence-corrected chi connectivity index (χ2v) is 12.7. The summed E-state index contributed by atoms with van der Waals surface area (Å²) in [5.41, 5.74) is 3.24. The zero-order valence-electron chi connectivity index (χ0n) is 27.0. The fourth-order valence-electron chi connectivity index (χ4n) is 5.23. The van der Waals surface area contributed by atoms with E-state index in [0.29, 0.717) is 16.8 Å². The highest BCUT2D eigenvalue weighted by atomic mass is 16.6. The highest BCUT2D eigenvalue weighted by Gasteiger charge is 2.38. The second-order valence-electron chi connectivity index (χ2n) is 12.7. The van der Waals surface area contributed by atoms with Gasteiger partial charge in [0.15, 0.2) is 0 Å². The highest BCUT2D eigenvalue weighted by Crippen LogP contribution is 2.29. The van der Waals surface area contributed by atoms with Crippen molar-refractivity contribution in [2.24, 2.45) is 0 Å². The molecule has 0 aliphatic heterocycles. The number of aromatic hydroxyl groups is 1. The van der Waals surface area contributed by atoms with E-state index in [9.17, 15) is 19.5 Å². The van der Waals surface area contributed by atoms with Gasteiger partial charge in [-0.15, -0.1) is 0 Å². The van der Waals surface area contributed by atoms with Gasteiger partial charge in [-0.25, -0.2) is 4.79 Å². The predicted molar refractivity (Wildman–Crippen MR) is 178 cm³/mol. The van der Waals surface area contributed by atoms with Crippen LogP contribution in [0.1, 0.15) is 62.9 Å². The number of anilines is 1. The maximum absolute atomic E-state index is 14.6. The van der Waals surface area contributed by atoms with Gasteiger partial charge < -0.3 is 25.4 Å². The summed E-state index contributed by atoms with van der Waals surface area (Å²) in [4.78, 5) is 43.4. The number of nitrogens with one attached hydrogen (secondary N) is 2. The Balaban J connectivity index is 1.76. The van der Waals surface area contributed by atoms with Crippen LogP contribution in [0, 0.1) is 13.8 Å². The van der Waals surface area contributed by atoms with Crippen molar-refractivity contribution in [3.63, 3.8) is 0 Å². The average Bonchev–Trinajstić information content (AvgIpc) is 2.96. The normalized spacial score (nSPS) is 12.8. The van der Waals surface area contributed by atoms with Gasteiger partial charge in [-0.3, -0.25) is 9.59 Å². The minimum atomic E-state index is -1.06. The summed E-state index contributed by atoms with van der Waals surface area (Å²) in [5.74, 6) is -0.734. The Morgan fingerprint density at radius 2 is 1.51 bits per heavy atom.